The largest absolute Gasteiger partial charge is 0.469 e. The third kappa shape index (κ3) is 6.36. The number of hydrogen-bond donors (Lipinski definition) is 1. The van der Waals surface area contributed by atoms with Crippen LogP contribution in [0.4, 0.5) is 0 Å². The lowest BCUT2D eigenvalue weighted by Crippen LogP contribution is -2.30. The summed E-state index contributed by atoms with van der Waals surface area (Å²) in [7, 11) is 1.42. The molecule has 0 amide bonds. The van der Waals surface area contributed by atoms with Crippen LogP contribution in [0.5, 0.6) is 0 Å². The lowest BCUT2D eigenvalue weighted by atomic mass is 9.97. The van der Waals surface area contributed by atoms with Crippen LogP contribution >= 0.6 is 0 Å². The lowest BCUT2D eigenvalue weighted by molar-refractivity contribution is -0.147. The van der Waals surface area contributed by atoms with Gasteiger partial charge in [-0.2, -0.15) is 0 Å². The van der Waals surface area contributed by atoms with Crippen LogP contribution in [0.15, 0.2) is 30.3 Å². The molecule has 0 unspecified atom stereocenters. The molecule has 0 spiro atoms. The van der Waals surface area contributed by atoms with Crippen molar-refractivity contribution >= 4 is 5.97 Å². The Bertz CT molecular complexity index is 365. The zero-order valence-electron chi connectivity index (χ0n) is 11.9. The Balaban J connectivity index is 2.30. The maximum atomic E-state index is 11.6. The Morgan fingerprint density at radius 2 is 1.95 bits per heavy atom. The van der Waals surface area contributed by atoms with Crippen molar-refractivity contribution in [2.45, 2.75) is 26.9 Å². The molecule has 1 aromatic carbocycles. The van der Waals surface area contributed by atoms with Crippen LogP contribution in [-0.2, 0) is 21.0 Å². The third-order valence-electron chi connectivity index (χ3n) is 2.80. The molecular weight excluding hydrogens is 242 g/mol. The fourth-order valence-corrected chi connectivity index (χ4v) is 1.87. The molecule has 0 aliphatic rings. The molecule has 0 aliphatic carbocycles. The smallest absolute Gasteiger partial charge is 0.310 e. The highest BCUT2D eigenvalue weighted by atomic mass is 16.6. The van der Waals surface area contributed by atoms with Gasteiger partial charge in [-0.05, 0) is 17.9 Å². The zero-order chi connectivity index (χ0) is 14.1. The third-order valence-corrected chi connectivity index (χ3v) is 2.80. The van der Waals surface area contributed by atoms with Gasteiger partial charge in [-0.15, -0.1) is 0 Å². The van der Waals surface area contributed by atoms with Crippen molar-refractivity contribution in [2.75, 3.05) is 13.7 Å². The molecule has 0 aliphatic heterocycles. The predicted octanol–water partition coefficient (Wildman–Crippen LogP) is 2.54. The van der Waals surface area contributed by atoms with Gasteiger partial charge in [0.1, 0.15) is 0 Å². The standard InChI is InChI=1S/C15H23NO3/c1-12(2)9-14(15(17)18-3)10-16-19-11-13-7-5-4-6-8-13/h4-8,12,14,16H,9-11H2,1-3H3/t14-/m1/s1. The molecule has 0 aromatic heterocycles. The molecule has 19 heavy (non-hydrogen) atoms. The summed E-state index contributed by atoms with van der Waals surface area (Å²) in [6.45, 7) is 5.12. The van der Waals surface area contributed by atoms with E-state index >= 15 is 0 Å². The van der Waals surface area contributed by atoms with Crippen molar-refractivity contribution in [2.24, 2.45) is 11.8 Å². The van der Waals surface area contributed by atoms with Gasteiger partial charge in [-0.1, -0.05) is 44.2 Å². The van der Waals surface area contributed by atoms with E-state index in [1.165, 1.54) is 7.11 Å². The summed E-state index contributed by atoms with van der Waals surface area (Å²) < 4.78 is 4.79. The quantitative estimate of drug-likeness (QED) is 0.446. The Morgan fingerprint density at radius 3 is 2.53 bits per heavy atom. The molecule has 1 atom stereocenters. The lowest BCUT2D eigenvalue weighted by Gasteiger charge is -2.17. The van der Waals surface area contributed by atoms with E-state index in [4.69, 9.17) is 9.57 Å². The fraction of sp³-hybridized carbons (Fsp3) is 0.533. The second kappa shape index (κ2) is 8.67. The molecular formula is C15H23NO3. The molecule has 0 heterocycles. The van der Waals surface area contributed by atoms with Gasteiger partial charge >= 0.3 is 5.97 Å². The number of rotatable bonds is 8. The molecule has 0 bridgehead atoms. The Labute approximate surface area is 115 Å². The van der Waals surface area contributed by atoms with Crippen LogP contribution in [0.3, 0.4) is 0 Å². The molecule has 0 saturated carbocycles. The molecule has 1 aromatic rings. The maximum Gasteiger partial charge on any atom is 0.310 e. The first-order valence-electron chi connectivity index (χ1n) is 6.60. The van der Waals surface area contributed by atoms with Crippen LogP contribution in [0, 0.1) is 11.8 Å². The van der Waals surface area contributed by atoms with Gasteiger partial charge in [-0.25, -0.2) is 5.48 Å². The average Bonchev–Trinajstić information content (AvgIpc) is 2.42. The van der Waals surface area contributed by atoms with Gasteiger partial charge in [0, 0.05) is 6.54 Å². The van der Waals surface area contributed by atoms with Crippen LogP contribution in [0.25, 0.3) is 0 Å². The monoisotopic (exact) mass is 265 g/mol. The minimum Gasteiger partial charge on any atom is -0.469 e. The van der Waals surface area contributed by atoms with Gasteiger partial charge in [0.15, 0.2) is 0 Å². The molecule has 106 valence electrons. The van der Waals surface area contributed by atoms with E-state index in [0.29, 0.717) is 19.1 Å². The van der Waals surface area contributed by atoms with E-state index in [-0.39, 0.29) is 11.9 Å². The van der Waals surface area contributed by atoms with E-state index < -0.39 is 0 Å². The zero-order valence-corrected chi connectivity index (χ0v) is 11.9. The highest BCUT2D eigenvalue weighted by molar-refractivity contribution is 5.72. The van der Waals surface area contributed by atoms with Crippen molar-refractivity contribution in [3.8, 4) is 0 Å². The normalized spacial score (nSPS) is 12.4. The van der Waals surface area contributed by atoms with E-state index in [0.717, 1.165) is 12.0 Å². The van der Waals surface area contributed by atoms with Crippen LogP contribution < -0.4 is 5.48 Å². The second-order valence-electron chi connectivity index (χ2n) is 4.97. The summed E-state index contributed by atoms with van der Waals surface area (Å²) in [4.78, 5) is 17.0. The second-order valence-corrected chi connectivity index (χ2v) is 4.97. The molecule has 1 rings (SSSR count). The van der Waals surface area contributed by atoms with Crippen molar-refractivity contribution in [1.29, 1.82) is 0 Å². The van der Waals surface area contributed by atoms with Crippen molar-refractivity contribution in [3.63, 3.8) is 0 Å². The van der Waals surface area contributed by atoms with Crippen LogP contribution in [0.2, 0.25) is 0 Å². The minimum atomic E-state index is -0.190. The number of esters is 1. The van der Waals surface area contributed by atoms with Crippen molar-refractivity contribution in [3.05, 3.63) is 35.9 Å². The minimum absolute atomic E-state index is 0.166. The average molecular weight is 265 g/mol. The summed E-state index contributed by atoms with van der Waals surface area (Å²) in [6, 6.07) is 9.89. The summed E-state index contributed by atoms with van der Waals surface area (Å²) in [6.07, 6.45) is 0.786. The van der Waals surface area contributed by atoms with Crippen LogP contribution in [-0.4, -0.2) is 19.6 Å². The first-order valence-corrected chi connectivity index (χ1v) is 6.60. The first kappa shape index (κ1) is 15.7. The summed E-state index contributed by atoms with van der Waals surface area (Å²) >= 11 is 0. The topological polar surface area (TPSA) is 47.6 Å². The number of nitrogens with one attached hydrogen (secondary N) is 1. The van der Waals surface area contributed by atoms with E-state index in [1.807, 2.05) is 30.3 Å². The molecule has 4 heteroatoms. The number of ether oxygens (including phenoxy) is 1. The fourth-order valence-electron chi connectivity index (χ4n) is 1.87. The first-order chi connectivity index (χ1) is 9.13. The SMILES string of the molecule is COC(=O)[C@@H](CNOCc1ccccc1)CC(C)C. The van der Waals surface area contributed by atoms with Gasteiger partial charge in [0.25, 0.3) is 0 Å². The highest BCUT2D eigenvalue weighted by Gasteiger charge is 2.20. The van der Waals surface area contributed by atoms with Gasteiger partial charge in [0.05, 0.1) is 19.6 Å². The number of methoxy groups -OCH3 is 1. The Morgan fingerprint density at radius 1 is 1.26 bits per heavy atom. The molecule has 1 N–H and O–H groups in total. The Hall–Kier alpha value is -1.39. The van der Waals surface area contributed by atoms with E-state index in [2.05, 4.69) is 19.3 Å². The van der Waals surface area contributed by atoms with Gasteiger partial charge < -0.3 is 4.74 Å². The summed E-state index contributed by atoms with van der Waals surface area (Å²) in [5.74, 6) is 0.0882. The molecule has 0 fully saturated rings. The summed E-state index contributed by atoms with van der Waals surface area (Å²) in [5, 5.41) is 0. The molecule has 0 saturated heterocycles. The van der Waals surface area contributed by atoms with Crippen LogP contribution in [0.1, 0.15) is 25.8 Å². The highest BCUT2D eigenvalue weighted by Crippen LogP contribution is 2.12. The molecule has 4 nitrogen and oxygen atoms in total. The number of hydroxylamine groups is 1. The number of hydrogen-bond acceptors (Lipinski definition) is 4. The maximum absolute atomic E-state index is 11.6. The van der Waals surface area contributed by atoms with Crippen molar-refractivity contribution < 1.29 is 14.4 Å². The van der Waals surface area contributed by atoms with Crippen molar-refractivity contribution in [1.82, 2.24) is 5.48 Å². The van der Waals surface area contributed by atoms with E-state index in [9.17, 15) is 4.79 Å². The van der Waals surface area contributed by atoms with E-state index in [1.54, 1.807) is 0 Å². The number of carbonyl (C=O) groups is 1. The summed E-state index contributed by atoms with van der Waals surface area (Å²) in [5.41, 5.74) is 3.94. The molecule has 0 radical (unpaired) electrons. The number of carbonyl (C=O) groups excluding carboxylic acids is 1. The predicted molar refractivity (Wildman–Crippen MR) is 74.2 cm³/mol. The van der Waals surface area contributed by atoms with Gasteiger partial charge in [0.2, 0.25) is 0 Å². The Kier molecular flexibility index (Phi) is 7.15. The number of benzene rings is 1. The van der Waals surface area contributed by atoms with Gasteiger partial charge in [-0.3, -0.25) is 9.63 Å².